The maximum absolute atomic E-state index is 12.5. The Balaban J connectivity index is 2.16. The van der Waals surface area contributed by atoms with Crippen LogP contribution in [0.4, 0.5) is 5.82 Å². The molecule has 1 fully saturated rings. The smallest absolute Gasteiger partial charge is 0.251 e. The van der Waals surface area contributed by atoms with Gasteiger partial charge in [-0.2, -0.15) is 11.8 Å². The Morgan fingerprint density at radius 2 is 2.19 bits per heavy atom. The van der Waals surface area contributed by atoms with Crippen LogP contribution in [0.5, 0.6) is 0 Å². The quantitative estimate of drug-likeness (QED) is 0.575. The Labute approximate surface area is 130 Å². The van der Waals surface area contributed by atoms with E-state index in [1.165, 1.54) is 12.8 Å². The first kappa shape index (κ1) is 16.1. The van der Waals surface area contributed by atoms with Crippen molar-refractivity contribution < 1.29 is 4.79 Å². The van der Waals surface area contributed by atoms with Gasteiger partial charge in [-0.15, -0.1) is 0 Å². The van der Waals surface area contributed by atoms with Crippen LogP contribution in [0.15, 0.2) is 12.1 Å². The van der Waals surface area contributed by atoms with Crippen LogP contribution in [-0.2, 0) is 0 Å². The van der Waals surface area contributed by atoms with E-state index in [0.29, 0.717) is 16.6 Å². The number of rotatable bonds is 5. The first-order chi connectivity index (χ1) is 10.0. The predicted molar refractivity (Wildman–Crippen MR) is 88.5 cm³/mol. The summed E-state index contributed by atoms with van der Waals surface area (Å²) in [4.78, 5) is 16.9. The zero-order valence-corrected chi connectivity index (χ0v) is 13.7. The molecule has 2 atom stereocenters. The molecule has 1 saturated carbocycles. The summed E-state index contributed by atoms with van der Waals surface area (Å²) in [6.07, 6.45) is 5.52. The molecule has 0 radical (unpaired) electrons. The maximum Gasteiger partial charge on any atom is 0.251 e. The highest BCUT2D eigenvalue weighted by Gasteiger charge is 2.28. The Kier molecular flexibility index (Phi) is 5.47. The number of nitrogens with one attached hydrogen (secondary N) is 2. The van der Waals surface area contributed by atoms with Crippen LogP contribution in [0.3, 0.4) is 0 Å². The molecule has 1 aromatic heterocycles. The average molecular weight is 308 g/mol. The van der Waals surface area contributed by atoms with Crippen LogP contribution in [0, 0.1) is 0 Å². The lowest BCUT2D eigenvalue weighted by Crippen LogP contribution is -2.38. The van der Waals surface area contributed by atoms with Crippen LogP contribution in [0.2, 0.25) is 0 Å². The summed E-state index contributed by atoms with van der Waals surface area (Å²) in [6.45, 7) is 4.09. The van der Waals surface area contributed by atoms with Gasteiger partial charge in [0, 0.05) is 22.5 Å². The van der Waals surface area contributed by atoms with Gasteiger partial charge in [-0.25, -0.2) is 10.8 Å². The number of nitrogens with zero attached hydrogens (tertiary/aromatic N) is 1. The van der Waals surface area contributed by atoms with Crippen molar-refractivity contribution >= 4 is 23.5 Å². The van der Waals surface area contributed by atoms with E-state index in [4.69, 9.17) is 5.84 Å². The lowest BCUT2D eigenvalue weighted by atomic mass is 10.1. The fourth-order valence-corrected chi connectivity index (χ4v) is 3.61. The van der Waals surface area contributed by atoms with Gasteiger partial charge in [0.25, 0.3) is 5.91 Å². The second kappa shape index (κ2) is 7.13. The van der Waals surface area contributed by atoms with Gasteiger partial charge in [0.05, 0.1) is 0 Å². The highest BCUT2D eigenvalue weighted by molar-refractivity contribution is 7.99. The van der Waals surface area contributed by atoms with E-state index in [1.807, 2.05) is 31.7 Å². The van der Waals surface area contributed by atoms with E-state index in [0.717, 1.165) is 12.1 Å². The first-order valence-corrected chi connectivity index (χ1v) is 8.66. The summed E-state index contributed by atoms with van der Waals surface area (Å²) < 4.78 is 0. The van der Waals surface area contributed by atoms with Gasteiger partial charge in [-0.3, -0.25) is 4.79 Å². The molecular weight excluding hydrogens is 284 g/mol. The van der Waals surface area contributed by atoms with Crippen molar-refractivity contribution in [3.63, 3.8) is 0 Å². The molecule has 116 valence electrons. The summed E-state index contributed by atoms with van der Waals surface area (Å²) in [5.74, 6) is 6.18. The minimum absolute atomic E-state index is 0.0400. The molecule has 1 aliphatic carbocycles. The second-order valence-corrected chi connectivity index (χ2v) is 6.83. The molecule has 2 rings (SSSR count). The van der Waals surface area contributed by atoms with E-state index >= 15 is 0 Å². The number of amides is 1. The molecule has 1 amide bonds. The van der Waals surface area contributed by atoms with Crippen molar-refractivity contribution in [2.45, 2.75) is 50.3 Å². The van der Waals surface area contributed by atoms with Crippen molar-refractivity contribution in [2.75, 3.05) is 11.7 Å². The topological polar surface area (TPSA) is 80.0 Å². The monoisotopic (exact) mass is 308 g/mol. The lowest BCUT2D eigenvalue weighted by molar-refractivity contribution is 0.0938. The largest absolute Gasteiger partial charge is 0.348 e. The predicted octanol–water partition coefficient (Wildman–Crippen LogP) is 2.50. The maximum atomic E-state index is 12.5. The van der Waals surface area contributed by atoms with Gasteiger partial charge < -0.3 is 10.7 Å². The van der Waals surface area contributed by atoms with E-state index < -0.39 is 0 Å². The summed E-state index contributed by atoms with van der Waals surface area (Å²) in [5.41, 5.74) is 4.02. The number of hydrogen-bond donors (Lipinski definition) is 3. The summed E-state index contributed by atoms with van der Waals surface area (Å²) in [6, 6.07) is 3.81. The highest BCUT2D eigenvalue weighted by Crippen LogP contribution is 2.28. The molecule has 1 aliphatic rings. The highest BCUT2D eigenvalue weighted by atomic mass is 32.2. The summed E-state index contributed by atoms with van der Waals surface area (Å²) in [5, 5.41) is 3.68. The van der Waals surface area contributed by atoms with Crippen molar-refractivity contribution in [1.29, 1.82) is 0 Å². The standard InChI is InChI=1S/C15H24N4OS/c1-9(2)12-7-10(8-14(17-12)19-16)15(20)18-11-5-4-6-13(11)21-3/h7-9,11,13H,4-6,16H2,1-3H3,(H,17,19)(H,18,20). The van der Waals surface area contributed by atoms with Gasteiger partial charge in [0.15, 0.2) is 0 Å². The van der Waals surface area contributed by atoms with Crippen LogP contribution in [0.25, 0.3) is 0 Å². The number of nitrogen functional groups attached to an aromatic ring is 1. The molecule has 21 heavy (non-hydrogen) atoms. The number of hydrazine groups is 1. The Bertz CT molecular complexity index is 506. The van der Waals surface area contributed by atoms with Gasteiger partial charge in [0.1, 0.15) is 5.82 Å². The molecule has 0 aromatic carbocycles. The molecule has 4 N–H and O–H groups in total. The number of anilines is 1. The Hall–Kier alpha value is -1.27. The Morgan fingerprint density at radius 1 is 1.43 bits per heavy atom. The molecule has 1 heterocycles. The Morgan fingerprint density at radius 3 is 2.81 bits per heavy atom. The van der Waals surface area contributed by atoms with Gasteiger partial charge >= 0.3 is 0 Å². The molecule has 6 heteroatoms. The molecule has 5 nitrogen and oxygen atoms in total. The van der Waals surface area contributed by atoms with Crippen molar-refractivity contribution in [2.24, 2.45) is 5.84 Å². The number of aromatic nitrogens is 1. The first-order valence-electron chi connectivity index (χ1n) is 7.37. The molecule has 0 spiro atoms. The minimum atomic E-state index is -0.0400. The van der Waals surface area contributed by atoms with Crippen LogP contribution >= 0.6 is 11.8 Å². The number of hydrogen-bond acceptors (Lipinski definition) is 5. The normalized spacial score (nSPS) is 21.6. The number of pyridine rings is 1. The third kappa shape index (κ3) is 3.89. The molecule has 0 bridgehead atoms. The van der Waals surface area contributed by atoms with Crippen molar-refractivity contribution in [3.05, 3.63) is 23.4 Å². The zero-order chi connectivity index (χ0) is 15.4. The number of nitrogens with two attached hydrogens (primary N) is 1. The van der Waals surface area contributed by atoms with Crippen LogP contribution in [0.1, 0.15) is 55.1 Å². The van der Waals surface area contributed by atoms with Crippen LogP contribution < -0.4 is 16.6 Å². The molecule has 0 aliphatic heterocycles. The van der Waals surface area contributed by atoms with E-state index in [9.17, 15) is 4.79 Å². The molecular formula is C15H24N4OS. The van der Waals surface area contributed by atoms with Crippen molar-refractivity contribution in [1.82, 2.24) is 10.3 Å². The number of carbonyl (C=O) groups excluding carboxylic acids is 1. The van der Waals surface area contributed by atoms with Gasteiger partial charge in [0.2, 0.25) is 0 Å². The summed E-state index contributed by atoms with van der Waals surface area (Å²) >= 11 is 1.83. The van der Waals surface area contributed by atoms with E-state index in [-0.39, 0.29) is 17.9 Å². The second-order valence-electron chi connectivity index (χ2n) is 5.75. The fourth-order valence-electron chi connectivity index (χ4n) is 2.68. The lowest BCUT2D eigenvalue weighted by Gasteiger charge is -2.19. The van der Waals surface area contributed by atoms with Gasteiger partial charge in [-0.1, -0.05) is 20.3 Å². The summed E-state index contributed by atoms with van der Waals surface area (Å²) in [7, 11) is 0. The molecule has 2 unspecified atom stereocenters. The SMILES string of the molecule is CSC1CCCC1NC(=O)c1cc(NN)nc(C(C)C)c1. The zero-order valence-electron chi connectivity index (χ0n) is 12.8. The molecule has 0 saturated heterocycles. The third-order valence-corrected chi connectivity index (χ3v) is 5.09. The number of carbonyl (C=O) groups is 1. The average Bonchev–Trinajstić information content (AvgIpc) is 2.93. The fraction of sp³-hybridized carbons (Fsp3) is 0.600. The number of thioether (sulfide) groups is 1. The third-order valence-electron chi connectivity index (χ3n) is 3.92. The van der Waals surface area contributed by atoms with E-state index in [2.05, 4.69) is 22.0 Å². The van der Waals surface area contributed by atoms with Crippen molar-refractivity contribution in [3.8, 4) is 0 Å². The van der Waals surface area contributed by atoms with Gasteiger partial charge in [-0.05, 0) is 37.1 Å². The molecule has 1 aromatic rings. The minimum Gasteiger partial charge on any atom is -0.348 e. The van der Waals surface area contributed by atoms with E-state index in [1.54, 1.807) is 6.07 Å². The van der Waals surface area contributed by atoms with Crippen LogP contribution in [-0.4, -0.2) is 28.4 Å².